The van der Waals surface area contributed by atoms with Gasteiger partial charge < -0.3 is 64.0 Å². The summed E-state index contributed by atoms with van der Waals surface area (Å²) in [5.41, 5.74) is 28.2. The van der Waals surface area contributed by atoms with Crippen molar-refractivity contribution >= 4 is 84.9 Å². The number of nitrogens with one attached hydrogen (secondary N) is 9. The molecule has 0 aliphatic rings. The van der Waals surface area contributed by atoms with Crippen LogP contribution in [0.15, 0.2) is 128 Å². The van der Waals surface area contributed by atoms with Gasteiger partial charge in [0.1, 0.15) is 42.2 Å². The van der Waals surface area contributed by atoms with Crippen molar-refractivity contribution in [2.45, 2.75) is 90.2 Å². The smallest absolute Gasteiger partial charge is 0.335 e. The van der Waals surface area contributed by atoms with Gasteiger partial charge in [0, 0.05) is 77.2 Å². The zero-order valence-corrected chi connectivity index (χ0v) is 47.1. The molecule has 0 aliphatic carbocycles. The van der Waals surface area contributed by atoms with E-state index in [2.05, 4.69) is 36.0 Å². The molecule has 24 nitrogen and oxygen atoms in total. The van der Waals surface area contributed by atoms with Crippen molar-refractivity contribution in [3.05, 3.63) is 172 Å². The summed E-state index contributed by atoms with van der Waals surface area (Å²) in [4.78, 5) is 93.1. The van der Waals surface area contributed by atoms with Gasteiger partial charge in [0.25, 0.3) is 0 Å². The molecule has 0 saturated carbocycles. The summed E-state index contributed by atoms with van der Waals surface area (Å²) in [5.74, 6) is -4.75. The third-order valence-electron chi connectivity index (χ3n) is 13.5. The Morgan fingerprint density at radius 2 is 1.11 bits per heavy atom. The van der Waals surface area contributed by atoms with Gasteiger partial charge >= 0.3 is 5.97 Å². The largest absolute Gasteiger partial charge is 0.489 e. The number of nitrogens with two attached hydrogens (primary N) is 4. The van der Waals surface area contributed by atoms with E-state index >= 15 is 0 Å². The monoisotopic (exact) mass is 1170 g/mol. The number of fused-ring (bicyclic) bond motifs is 2. The van der Waals surface area contributed by atoms with Crippen LogP contribution in [0.4, 0.5) is 0 Å². The number of amides is 6. The normalized spacial score (nSPS) is 12.5. The first-order valence-electron chi connectivity index (χ1n) is 26.7. The lowest BCUT2D eigenvalue weighted by atomic mass is 9.99. The topological polar surface area (TPSA) is 427 Å². The Labute approximate surface area is 484 Å². The molecule has 0 fully saturated rings. The molecule has 0 radical (unpaired) electrons. The molecular formula is C59H69N13O11S. The van der Waals surface area contributed by atoms with E-state index in [0.717, 1.165) is 22.0 Å². The maximum atomic E-state index is 13.7. The summed E-state index contributed by atoms with van der Waals surface area (Å²) in [6.45, 7) is 3.61. The molecule has 0 aliphatic heterocycles. The van der Waals surface area contributed by atoms with Gasteiger partial charge in [0.05, 0.1) is 11.3 Å². The second-order valence-corrected chi connectivity index (χ2v) is 21.9. The van der Waals surface area contributed by atoms with Crippen LogP contribution >= 0.6 is 0 Å². The van der Waals surface area contributed by atoms with Crippen LogP contribution in [0.1, 0.15) is 88.8 Å². The van der Waals surface area contributed by atoms with Crippen molar-refractivity contribution in [3.63, 3.8) is 0 Å². The number of hydrogen-bond donors (Lipinski definition) is 14. The Balaban J connectivity index is 0.000000290. The predicted molar refractivity (Wildman–Crippen MR) is 317 cm³/mol. The van der Waals surface area contributed by atoms with Crippen molar-refractivity contribution in [1.29, 1.82) is 10.8 Å². The number of benzene rings is 5. The maximum Gasteiger partial charge on any atom is 0.335 e. The number of ether oxygens (including phenoxy) is 1. The van der Waals surface area contributed by atoms with Crippen molar-refractivity contribution in [2.24, 2.45) is 28.9 Å². The van der Waals surface area contributed by atoms with Crippen molar-refractivity contribution < 1.29 is 51.8 Å². The van der Waals surface area contributed by atoms with E-state index in [0.29, 0.717) is 50.9 Å². The zero-order valence-electron chi connectivity index (χ0n) is 46.3. The number of amidine groups is 2. The second kappa shape index (κ2) is 29.7. The molecule has 6 amide bonds. The molecule has 5 aromatic carbocycles. The zero-order chi connectivity index (χ0) is 61.1. The third-order valence-corrected chi connectivity index (χ3v) is 14.9. The van der Waals surface area contributed by atoms with Gasteiger partial charge in [0.15, 0.2) is 0 Å². The molecular weight excluding hydrogens is 1100 g/mol. The average Bonchev–Trinajstić information content (AvgIpc) is 3.77. The van der Waals surface area contributed by atoms with E-state index < -0.39 is 63.7 Å². The van der Waals surface area contributed by atoms with Crippen molar-refractivity contribution in [2.75, 3.05) is 5.75 Å². The van der Waals surface area contributed by atoms with Gasteiger partial charge in [-0.25, -0.2) is 17.9 Å². The number of carbonyl (C=O) groups is 7. The fraction of sp³-hybridized carbons (Fsp3) is 0.271. The lowest BCUT2D eigenvalue weighted by Gasteiger charge is -2.23. The lowest BCUT2D eigenvalue weighted by molar-refractivity contribution is -0.131. The quantitative estimate of drug-likeness (QED) is 0.0237. The first kappa shape index (κ1) is 63.3. The fourth-order valence-electron chi connectivity index (χ4n) is 8.73. The number of aromatic amines is 2. The van der Waals surface area contributed by atoms with Crippen LogP contribution in [0.25, 0.3) is 21.8 Å². The number of H-pyrrole nitrogens is 2. The molecule has 442 valence electrons. The first-order valence-corrected chi connectivity index (χ1v) is 28.3. The van der Waals surface area contributed by atoms with Gasteiger partial charge in [-0.1, -0.05) is 85.8 Å². The maximum absolute atomic E-state index is 13.7. The molecule has 7 rings (SSSR count). The molecule has 0 spiro atoms. The van der Waals surface area contributed by atoms with Gasteiger partial charge in [-0.05, 0) is 96.8 Å². The number of carbonyl (C=O) groups excluding carboxylic acids is 6. The minimum atomic E-state index is -3.90. The van der Waals surface area contributed by atoms with E-state index in [1.807, 2.05) is 30.5 Å². The molecule has 0 saturated heterocycles. The number of aromatic carboxylic acids is 1. The number of carboxylic acid groups (broad SMARTS) is 1. The molecule has 7 aromatic rings. The lowest BCUT2D eigenvalue weighted by Crippen LogP contribution is -2.54. The summed E-state index contributed by atoms with van der Waals surface area (Å²) in [7, 11) is -3.90. The van der Waals surface area contributed by atoms with Crippen LogP contribution in [0.5, 0.6) is 5.75 Å². The van der Waals surface area contributed by atoms with E-state index in [-0.39, 0.29) is 86.6 Å². The van der Waals surface area contributed by atoms with Crippen LogP contribution in [0, 0.1) is 16.7 Å². The highest BCUT2D eigenvalue weighted by atomic mass is 32.2. The highest BCUT2D eigenvalue weighted by Crippen LogP contribution is 2.26. The second-order valence-electron chi connectivity index (χ2n) is 19.8. The fourth-order valence-corrected chi connectivity index (χ4v) is 9.52. The summed E-state index contributed by atoms with van der Waals surface area (Å²) in [5, 5.41) is 36.8. The Morgan fingerprint density at radius 3 is 1.63 bits per heavy atom. The number of carboxylic acids is 1. The number of sulfonamides is 1. The van der Waals surface area contributed by atoms with Crippen LogP contribution < -0.4 is 53.7 Å². The van der Waals surface area contributed by atoms with Gasteiger partial charge in [-0.15, -0.1) is 0 Å². The van der Waals surface area contributed by atoms with E-state index in [4.69, 9.17) is 38.5 Å². The molecule has 4 atom stereocenters. The van der Waals surface area contributed by atoms with Crippen LogP contribution in [-0.2, 0) is 71.3 Å². The summed E-state index contributed by atoms with van der Waals surface area (Å²) in [6.07, 6.45) is 3.65. The van der Waals surface area contributed by atoms with Gasteiger partial charge in [-0.2, -0.15) is 0 Å². The molecule has 25 heteroatoms. The molecule has 4 unspecified atom stereocenters. The highest BCUT2D eigenvalue weighted by molar-refractivity contribution is 7.89. The number of primary amides is 2. The van der Waals surface area contributed by atoms with Crippen molar-refractivity contribution in [1.82, 2.24) is 36.0 Å². The molecule has 0 bridgehead atoms. The number of aromatic nitrogens is 2. The van der Waals surface area contributed by atoms with E-state index in [1.165, 1.54) is 19.1 Å². The van der Waals surface area contributed by atoms with E-state index in [9.17, 15) is 47.1 Å². The van der Waals surface area contributed by atoms with Crippen molar-refractivity contribution in [3.8, 4) is 5.75 Å². The molecule has 2 heterocycles. The number of para-hydroxylation sites is 1. The Bertz CT molecular complexity index is 3640. The minimum Gasteiger partial charge on any atom is -0.489 e. The molecule has 2 aromatic heterocycles. The SMILES string of the molecule is CC(Cc1c[nH]c2ccccc12)C(=O)NC(CCC(N)=O)C(=O)NCc1ccc(C(=N)N)cc1.CCS(=O)(=O)NC(Cc1c[nH]c2ccc(OCc3cccc(C(=O)O)c3)cc12)C(=O)NC(CCC(N)=O)C(=O)NCc1ccc(C(=N)N)cc1. The Kier molecular flexibility index (Phi) is 22.4. The number of hydrogen-bond acceptors (Lipinski definition) is 12. The number of rotatable bonds is 29. The van der Waals surface area contributed by atoms with Crippen LogP contribution in [-0.4, -0.2) is 100 Å². The highest BCUT2D eigenvalue weighted by Gasteiger charge is 2.30. The summed E-state index contributed by atoms with van der Waals surface area (Å²) in [6, 6.07) is 29.5. The van der Waals surface area contributed by atoms with Gasteiger partial charge in [-0.3, -0.25) is 39.6 Å². The summed E-state index contributed by atoms with van der Waals surface area (Å²) >= 11 is 0. The minimum absolute atomic E-state index is 0.0253. The molecule has 18 N–H and O–H groups in total. The van der Waals surface area contributed by atoms with Crippen LogP contribution in [0.2, 0.25) is 0 Å². The first-order chi connectivity index (χ1) is 40.0. The van der Waals surface area contributed by atoms with E-state index in [1.54, 1.807) is 92.0 Å². The predicted octanol–water partition coefficient (Wildman–Crippen LogP) is 3.34. The third kappa shape index (κ3) is 18.8. The summed E-state index contributed by atoms with van der Waals surface area (Å²) < 4.78 is 33.7. The molecule has 84 heavy (non-hydrogen) atoms. The number of nitrogen functional groups attached to an aromatic ring is 2. The van der Waals surface area contributed by atoms with Crippen LogP contribution in [0.3, 0.4) is 0 Å². The van der Waals surface area contributed by atoms with Gasteiger partial charge in [0.2, 0.25) is 45.5 Å². The Hall–Kier alpha value is -9.88. The standard InChI is InChI=1S/C34H39N7O8S.C25H30N6O3/c1-2-50(47,48)41-29(33(44)40-28(12-13-30(35)42)32(43)39-17-20-6-8-22(9-7-20)31(36)37)15-24-18-38-27-11-10-25(16-26(24)27)49-19-21-4-3-5-23(14-21)34(45)46;1-15(12-18-14-29-20-5-3-2-4-19(18)20)24(33)31-21(10-11-22(26)32)25(34)30-13-16-6-8-17(9-7-16)23(27)28/h3-11,14,16,18,28-29,38,41H,2,12-13,15,17,19H2,1H3,(H2,35,42)(H3,36,37)(H,39,43)(H,40,44)(H,45,46);2-9,14-15,21,29H,10-13H2,1H3,(H2,26,32)(H3,27,28)(H,30,34)(H,31,33). The Morgan fingerprint density at radius 1 is 0.583 bits per heavy atom. The average molecular weight is 1170 g/mol.